The Bertz CT molecular complexity index is 226. The van der Waals surface area contributed by atoms with Crippen molar-refractivity contribution in [1.82, 2.24) is 0 Å². The van der Waals surface area contributed by atoms with E-state index in [0.717, 1.165) is 18.4 Å². The number of hydrogen-bond acceptors (Lipinski definition) is 2. The molecule has 11 heavy (non-hydrogen) atoms. The lowest BCUT2D eigenvalue weighted by Crippen LogP contribution is -2.12. The van der Waals surface area contributed by atoms with Gasteiger partial charge in [-0.1, -0.05) is 19.1 Å². The molecule has 0 bridgehead atoms. The normalized spacial score (nSPS) is 17.2. The number of allylic oxidation sites excluding steroid dienone is 3. The Morgan fingerprint density at radius 2 is 2.18 bits per heavy atom. The average Bonchev–Trinajstić information content (AvgIpc) is 2.04. The first-order valence-electron chi connectivity index (χ1n) is 3.95. The van der Waals surface area contributed by atoms with Crippen molar-refractivity contribution in [2.45, 2.75) is 26.2 Å². The van der Waals surface area contributed by atoms with Gasteiger partial charge in [0.25, 0.3) is 0 Å². The predicted octanol–water partition coefficient (Wildman–Crippen LogP) is 1.53. The molecule has 1 aliphatic carbocycles. The lowest BCUT2D eigenvalue weighted by Gasteiger charge is -2.09. The van der Waals surface area contributed by atoms with E-state index in [1.807, 2.05) is 19.1 Å². The maximum absolute atomic E-state index is 11.2. The summed E-state index contributed by atoms with van der Waals surface area (Å²) in [6.07, 6.45) is 6.30. The SMILES string of the molecule is CCC(=O)C1=CCCC=C1N. The molecule has 0 aliphatic heterocycles. The van der Waals surface area contributed by atoms with Gasteiger partial charge in [-0.05, 0) is 12.8 Å². The molecule has 0 saturated carbocycles. The van der Waals surface area contributed by atoms with Crippen LogP contribution in [0, 0.1) is 0 Å². The first kappa shape index (κ1) is 8.05. The van der Waals surface area contributed by atoms with Gasteiger partial charge >= 0.3 is 0 Å². The van der Waals surface area contributed by atoms with E-state index < -0.39 is 0 Å². The van der Waals surface area contributed by atoms with Crippen LogP contribution in [0.15, 0.2) is 23.4 Å². The Morgan fingerprint density at radius 3 is 2.73 bits per heavy atom. The van der Waals surface area contributed by atoms with Crippen molar-refractivity contribution in [3.8, 4) is 0 Å². The third-order valence-corrected chi connectivity index (χ3v) is 1.81. The van der Waals surface area contributed by atoms with Crippen molar-refractivity contribution in [3.63, 3.8) is 0 Å². The van der Waals surface area contributed by atoms with Gasteiger partial charge in [-0.15, -0.1) is 0 Å². The number of nitrogens with two attached hydrogens (primary N) is 1. The van der Waals surface area contributed by atoms with Crippen LogP contribution >= 0.6 is 0 Å². The lowest BCUT2D eigenvalue weighted by atomic mass is 9.99. The molecule has 0 fully saturated rings. The Hall–Kier alpha value is -1.05. The van der Waals surface area contributed by atoms with Crippen molar-refractivity contribution >= 4 is 5.78 Å². The predicted molar refractivity (Wildman–Crippen MR) is 44.9 cm³/mol. The molecule has 0 saturated heterocycles. The van der Waals surface area contributed by atoms with Crippen LogP contribution < -0.4 is 5.73 Å². The summed E-state index contributed by atoms with van der Waals surface area (Å²) in [5.41, 5.74) is 7.00. The minimum absolute atomic E-state index is 0.151. The van der Waals surface area contributed by atoms with Crippen LogP contribution in [0.3, 0.4) is 0 Å². The number of carbonyl (C=O) groups is 1. The highest BCUT2D eigenvalue weighted by atomic mass is 16.1. The number of rotatable bonds is 2. The molecule has 1 rings (SSSR count). The molecule has 2 N–H and O–H groups in total. The molecular weight excluding hydrogens is 138 g/mol. The molecule has 0 unspecified atom stereocenters. The molecule has 0 aromatic rings. The number of carbonyl (C=O) groups excluding carboxylic acids is 1. The van der Waals surface area contributed by atoms with Gasteiger partial charge in [0.1, 0.15) is 0 Å². The lowest BCUT2D eigenvalue weighted by molar-refractivity contribution is -0.115. The summed E-state index contributed by atoms with van der Waals surface area (Å²) < 4.78 is 0. The summed E-state index contributed by atoms with van der Waals surface area (Å²) in [7, 11) is 0. The first-order chi connectivity index (χ1) is 5.25. The minimum atomic E-state index is 0.151. The van der Waals surface area contributed by atoms with Crippen LogP contribution in [0.2, 0.25) is 0 Å². The molecule has 0 radical (unpaired) electrons. The zero-order valence-electron chi connectivity index (χ0n) is 6.76. The van der Waals surface area contributed by atoms with Crippen molar-refractivity contribution in [3.05, 3.63) is 23.4 Å². The molecule has 60 valence electrons. The zero-order valence-corrected chi connectivity index (χ0v) is 6.76. The smallest absolute Gasteiger partial charge is 0.164 e. The summed E-state index contributed by atoms with van der Waals surface area (Å²) in [6, 6.07) is 0. The molecule has 0 amide bonds. The number of hydrogen-bond donors (Lipinski definition) is 1. The molecule has 0 spiro atoms. The van der Waals surface area contributed by atoms with Gasteiger partial charge < -0.3 is 5.73 Å². The Morgan fingerprint density at radius 1 is 1.55 bits per heavy atom. The molecule has 1 aliphatic rings. The van der Waals surface area contributed by atoms with E-state index >= 15 is 0 Å². The van der Waals surface area contributed by atoms with Crippen molar-refractivity contribution < 1.29 is 4.79 Å². The van der Waals surface area contributed by atoms with Crippen molar-refractivity contribution in [2.24, 2.45) is 5.73 Å². The minimum Gasteiger partial charge on any atom is -0.398 e. The number of Topliss-reactive ketones (excluding diaryl/α,β-unsaturated/α-hetero) is 1. The third kappa shape index (κ3) is 1.70. The van der Waals surface area contributed by atoms with Gasteiger partial charge in [0.05, 0.1) is 0 Å². The molecule has 2 heteroatoms. The van der Waals surface area contributed by atoms with Crippen LogP contribution in [0.1, 0.15) is 26.2 Å². The van der Waals surface area contributed by atoms with Crippen LogP contribution in [-0.2, 0) is 4.79 Å². The van der Waals surface area contributed by atoms with E-state index in [4.69, 9.17) is 5.73 Å². The maximum Gasteiger partial charge on any atom is 0.164 e. The summed E-state index contributed by atoms with van der Waals surface area (Å²) >= 11 is 0. The highest BCUT2D eigenvalue weighted by Crippen LogP contribution is 2.16. The van der Waals surface area contributed by atoms with Crippen molar-refractivity contribution in [1.29, 1.82) is 0 Å². The van der Waals surface area contributed by atoms with E-state index in [1.165, 1.54) is 0 Å². The monoisotopic (exact) mass is 151 g/mol. The van der Waals surface area contributed by atoms with E-state index in [0.29, 0.717) is 12.1 Å². The van der Waals surface area contributed by atoms with Gasteiger partial charge in [0.2, 0.25) is 0 Å². The fraction of sp³-hybridized carbons (Fsp3) is 0.444. The Kier molecular flexibility index (Phi) is 2.47. The fourth-order valence-electron chi connectivity index (χ4n) is 1.16. The van der Waals surface area contributed by atoms with Gasteiger partial charge in [-0.2, -0.15) is 0 Å². The largest absolute Gasteiger partial charge is 0.398 e. The second-order valence-corrected chi connectivity index (χ2v) is 2.63. The molecular formula is C9H13NO. The van der Waals surface area contributed by atoms with Crippen LogP contribution in [0.4, 0.5) is 0 Å². The van der Waals surface area contributed by atoms with Crippen LogP contribution in [-0.4, -0.2) is 5.78 Å². The van der Waals surface area contributed by atoms with E-state index in [9.17, 15) is 4.79 Å². The molecule has 0 atom stereocenters. The second kappa shape index (κ2) is 3.37. The molecule has 0 aromatic carbocycles. The average molecular weight is 151 g/mol. The molecule has 0 aromatic heterocycles. The van der Waals surface area contributed by atoms with Gasteiger partial charge in [-0.25, -0.2) is 0 Å². The zero-order chi connectivity index (χ0) is 8.27. The Balaban J connectivity index is 2.78. The van der Waals surface area contributed by atoms with E-state index in [1.54, 1.807) is 0 Å². The highest BCUT2D eigenvalue weighted by Gasteiger charge is 2.11. The summed E-state index contributed by atoms with van der Waals surface area (Å²) in [4.78, 5) is 11.2. The summed E-state index contributed by atoms with van der Waals surface area (Å²) in [5.74, 6) is 0.151. The maximum atomic E-state index is 11.2. The van der Waals surface area contributed by atoms with Crippen LogP contribution in [0.25, 0.3) is 0 Å². The molecule has 0 heterocycles. The summed E-state index contributed by atoms with van der Waals surface area (Å²) in [6.45, 7) is 1.85. The van der Waals surface area contributed by atoms with Gasteiger partial charge in [0.15, 0.2) is 5.78 Å². The first-order valence-corrected chi connectivity index (χ1v) is 3.95. The van der Waals surface area contributed by atoms with Gasteiger partial charge in [0, 0.05) is 17.7 Å². The van der Waals surface area contributed by atoms with E-state index in [-0.39, 0.29) is 5.78 Å². The summed E-state index contributed by atoms with van der Waals surface area (Å²) in [5, 5.41) is 0. The Labute approximate surface area is 66.8 Å². The third-order valence-electron chi connectivity index (χ3n) is 1.81. The topological polar surface area (TPSA) is 43.1 Å². The fourth-order valence-corrected chi connectivity index (χ4v) is 1.16. The number of ketones is 1. The van der Waals surface area contributed by atoms with E-state index in [2.05, 4.69) is 0 Å². The quantitative estimate of drug-likeness (QED) is 0.650. The highest BCUT2D eigenvalue weighted by molar-refractivity contribution is 5.99. The second-order valence-electron chi connectivity index (χ2n) is 2.63. The van der Waals surface area contributed by atoms with Gasteiger partial charge in [-0.3, -0.25) is 4.79 Å². The standard InChI is InChI=1S/C9H13NO/c1-2-9(11)7-5-3-4-6-8(7)10/h5-6H,2-4,10H2,1H3. The van der Waals surface area contributed by atoms with Crippen LogP contribution in [0.5, 0.6) is 0 Å². The molecule has 2 nitrogen and oxygen atoms in total. The van der Waals surface area contributed by atoms with Crippen molar-refractivity contribution in [2.75, 3.05) is 0 Å².